The standard InChI is InChI=1S/C12H23N/c1-9(2)5-8-12(13-4)10(3)11-6-7-11/h10-13H,1,5-8H2,2-4H3. The molecule has 1 saturated carbocycles. The SMILES string of the molecule is C=C(C)CCC(NC)C(C)C1CC1. The zero-order valence-electron chi connectivity index (χ0n) is 9.27. The molecule has 76 valence electrons. The van der Waals surface area contributed by atoms with Crippen LogP contribution in [0.1, 0.15) is 39.5 Å². The highest BCUT2D eigenvalue weighted by Crippen LogP contribution is 2.39. The Morgan fingerprint density at radius 3 is 2.54 bits per heavy atom. The van der Waals surface area contributed by atoms with Gasteiger partial charge in [0.15, 0.2) is 0 Å². The van der Waals surface area contributed by atoms with Crippen LogP contribution in [0, 0.1) is 11.8 Å². The van der Waals surface area contributed by atoms with Gasteiger partial charge in [-0.2, -0.15) is 0 Å². The highest BCUT2D eigenvalue weighted by Gasteiger charge is 2.32. The molecule has 0 radical (unpaired) electrons. The fourth-order valence-electron chi connectivity index (χ4n) is 2.02. The molecule has 1 nitrogen and oxygen atoms in total. The number of hydrogen-bond acceptors (Lipinski definition) is 1. The topological polar surface area (TPSA) is 12.0 Å². The van der Waals surface area contributed by atoms with Crippen LogP contribution in [0.4, 0.5) is 0 Å². The predicted molar refractivity (Wildman–Crippen MR) is 58.8 cm³/mol. The van der Waals surface area contributed by atoms with E-state index in [1.165, 1.54) is 31.3 Å². The second-order valence-electron chi connectivity index (χ2n) is 4.59. The maximum Gasteiger partial charge on any atom is 0.00953 e. The molecule has 0 saturated heterocycles. The van der Waals surface area contributed by atoms with Crippen molar-refractivity contribution in [3.63, 3.8) is 0 Å². The highest BCUT2D eigenvalue weighted by atomic mass is 14.9. The molecule has 0 bridgehead atoms. The van der Waals surface area contributed by atoms with Gasteiger partial charge in [-0.1, -0.05) is 12.5 Å². The Morgan fingerprint density at radius 2 is 2.15 bits per heavy atom. The lowest BCUT2D eigenvalue weighted by atomic mass is 9.92. The van der Waals surface area contributed by atoms with E-state index < -0.39 is 0 Å². The summed E-state index contributed by atoms with van der Waals surface area (Å²) in [5.74, 6) is 1.85. The number of hydrogen-bond donors (Lipinski definition) is 1. The van der Waals surface area contributed by atoms with Gasteiger partial charge in [-0.3, -0.25) is 0 Å². The monoisotopic (exact) mass is 181 g/mol. The Morgan fingerprint density at radius 1 is 1.54 bits per heavy atom. The summed E-state index contributed by atoms with van der Waals surface area (Å²) in [5, 5.41) is 3.44. The summed E-state index contributed by atoms with van der Waals surface area (Å²) in [6, 6.07) is 0.698. The minimum atomic E-state index is 0.698. The van der Waals surface area contributed by atoms with Crippen LogP contribution in [0.15, 0.2) is 12.2 Å². The summed E-state index contributed by atoms with van der Waals surface area (Å²) in [6.45, 7) is 8.46. The summed E-state index contributed by atoms with van der Waals surface area (Å²) in [4.78, 5) is 0. The van der Waals surface area contributed by atoms with Gasteiger partial charge in [0.1, 0.15) is 0 Å². The molecule has 0 aliphatic heterocycles. The van der Waals surface area contributed by atoms with Gasteiger partial charge in [-0.05, 0) is 51.5 Å². The Labute approximate surface area is 82.6 Å². The molecule has 2 unspecified atom stereocenters. The van der Waals surface area contributed by atoms with E-state index in [9.17, 15) is 0 Å². The maximum atomic E-state index is 3.95. The van der Waals surface area contributed by atoms with Crippen LogP contribution in [-0.2, 0) is 0 Å². The Balaban J connectivity index is 2.28. The minimum absolute atomic E-state index is 0.698. The fraction of sp³-hybridized carbons (Fsp3) is 0.833. The summed E-state index contributed by atoms with van der Waals surface area (Å²) in [6.07, 6.45) is 5.32. The number of allylic oxidation sites excluding steroid dienone is 1. The number of rotatable bonds is 6. The molecule has 1 rings (SSSR count). The van der Waals surface area contributed by atoms with Crippen molar-refractivity contribution in [1.82, 2.24) is 5.32 Å². The van der Waals surface area contributed by atoms with Crippen molar-refractivity contribution in [3.05, 3.63) is 12.2 Å². The van der Waals surface area contributed by atoms with Crippen molar-refractivity contribution >= 4 is 0 Å². The van der Waals surface area contributed by atoms with E-state index in [-0.39, 0.29) is 0 Å². The van der Waals surface area contributed by atoms with Crippen LogP contribution in [0.25, 0.3) is 0 Å². The Bertz CT molecular complexity index is 170. The summed E-state index contributed by atoms with van der Waals surface area (Å²) in [7, 11) is 2.09. The van der Waals surface area contributed by atoms with Crippen LogP contribution in [0.3, 0.4) is 0 Å². The molecule has 1 N–H and O–H groups in total. The van der Waals surface area contributed by atoms with Crippen molar-refractivity contribution < 1.29 is 0 Å². The zero-order chi connectivity index (χ0) is 9.84. The molecule has 0 aromatic carbocycles. The Kier molecular flexibility index (Phi) is 3.98. The summed E-state index contributed by atoms with van der Waals surface area (Å²) < 4.78 is 0. The van der Waals surface area contributed by atoms with Crippen LogP contribution < -0.4 is 5.32 Å². The van der Waals surface area contributed by atoms with Gasteiger partial charge in [0, 0.05) is 6.04 Å². The van der Waals surface area contributed by atoms with E-state index in [1.54, 1.807) is 0 Å². The lowest BCUT2D eigenvalue weighted by Crippen LogP contribution is -2.33. The van der Waals surface area contributed by atoms with E-state index in [0.717, 1.165) is 11.8 Å². The molecule has 0 spiro atoms. The molecule has 13 heavy (non-hydrogen) atoms. The van der Waals surface area contributed by atoms with Crippen molar-refractivity contribution in [2.75, 3.05) is 7.05 Å². The van der Waals surface area contributed by atoms with Gasteiger partial charge in [0.2, 0.25) is 0 Å². The lowest BCUT2D eigenvalue weighted by molar-refractivity contribution is 0.342. The normalized spacial score (nSPS) is 21.2. The van der Waals surface area contributed by atoms with Crippen molar-refractivity contribution in [2.24, 2.45) is 11.8 Å². The van der Waals surface area contributed by atoms with Gasteiger partial charge in [-0.25, -0.2) is 0 Å². The first-order valence-corrected chi connectivity index (χ1v) is 5.46. The van der Waals surface area contributed by atoms with E-state index in [4.69, 9.17) is 0 Å². The van der Waals surface area contributed by atoms with Gasteiger partial charge < -0.3 is 5.32 Å². The van der Waals surface area contributed by atoms with Crippen molar-refractivity contribution in [2.45, 2.75) is 45.6 Å². The molecule has 2 atom stereocenters. The molecule has 0 heterocycles. The smallest absolute Gasteiger partial charge is 0.00953 e. The molecule has 1 fully saturated rings. The first-order valence-electron chi connectivity index (χ1n) is 5.46. The van der Waals surface area contributed by atoms with E-state index in [0.29, 0.717) is 6.04 Å². The van der Waals surface area contributed by atoms with E-state index >= 15 is 0 Å². The van der Waals surface area contributed by atoms with Crippen LogP contribution in [0.2, 0.25) is 0 Å². The van der Waals surface area contributed by atoms with Gasteiger partial charge >= 0.3 is 0 Å². The molecule has 0 amide bonds. The van der Waals surface area contributed by atoms with E-state index in [1.807, 2.05) is 0 Å². The second-order valence-corrected chi connectivity index (χ2v) is 4.59. The van der Waals surface area contributed by atoms with Crippen molar-refractivity contribution in [1.29, 1.82) is 0 Å². The summed E-state index contributed by atoms with van der Waals surface area (Å²) in [5.41, 5.74) is 1.31. The minimum Gasteiger partial charge on any atom is -0.317 e. The highest BCUT2D eigenvalue weighted by molar-refractivity contribution is 4.92. The predicted octanol–water partition coefficient (Wildman–Crippen LogP) is 2.98. The van der Waals surface area contributed by atoms with Crippen LogP contribution >= 0.6 is 0 Å². The van der Waals surface area contributed by atoms with Crippen LogP contribution in [-0.4, -0.2) is 13.1 Å². The molecule has 1 heteroatoms. The zero-order valence-corrected chi connectivity index (χ0v) is 9.27. The third-order valence-electron chi connectivity index (χ3n) is 3.25. The lowest BCUT2D eigenvalue weighted by Gasteiger charge is -2.23. The number of nitrogens with one attached hydrogen (secondary N) is 1. The molecule has 1 aliphatic carbocycles. The molecular formula is C12H23N. The second kappa shape index (κ2) is 4.80. The molecule has 1 aliphatic rings. The first-order chi connectivity index (χ1) is 6.15. The Hall–Kier alpha value is -0.300. The third kappa shape index (κ3) is 3.51. The van der Waals surface area contributed by atoms with Gasteiger partial charge in [0.25, 0.3) is 0 Å². The molecular weight excluding hydrogens is 158 g/mol. The largest absolute Gasteiger partial charge is 0.317 e. The summed E-state index contributed by atoms with van der Waals surface area (Å²) >= 11 is 0. The van der Waals surface area contributed by atoms with Gasteiger partial charge in [0.05, 0.1) is 0 Å². The molecule has 0 aromatic rings. The molecule has 0 aromatic heterocycles. The van der Waals surface area contributed by atoms with E-state index in [2.05, 4.69) is 32.8 Å². The first kappa shape index (κ1) is 10.8. The van der Waals surface area contributed by atoms with Crippen molar-refractivity contribution in [3.8, 4) is 0 Å². The third-order valence-corrected chi connectivity index (χ3v) is 3.25. The maximum absolute atomic E-state index is 3.95. The van der Waals surface area contributed by atoms with Crippen LogP contribution in [0.5, 0.6) is 0 Å². The average Bonchev–Trinajstić information content (AvgIpc) is 2.86. The quantitative estimate of drug-likeness (QED) is 0.621. The average molecular weight is 181 g/mol. The fourth-order valence-corrected chi connectivity index (χ4v) is 2.02. The van der Waals surface area contributed by atoms with Gasteiger partial charge in [-0.15, -0.1) is 6.58 Å².